The molecule has 2 atom stereocenters. The monoisotopic (exact) mass is 285 g/mol. The largest absolute Gasteiger partial charge is 0.300 e. The Kier molecular flexibility index (Phi) is 5.28. The van der Waals surface area contributed by atoms with Gasteiger partial charge in [0, 0.05) is 17.1 Å². The van der Waals surface area contributed by atoms with E-state index in [1.807, 2.05) is 24.4 Å². The van der Waals surface area contributed by atoms with Crippen LogP contribution in [0.15, 0.2) is 36.5 Å². The Labute approximate surface area is 124 Å². The number of hydrogen-bond donors (Lipinski definition) is 1. The summed E-state index contributed by atoms with van der Waals surface area (Å²) in [5, 5.41) is 13.6. The molecule has 0 fully saturated rings. The summed E-state index contributed by atoms with van der Waals surface area (Å²) in [4.78, 5) is 5.76. The van der Waals surface area contributed by atoms with Gasteiger partial charge in [0.05, 0.1) is 18.5 Å². The third-order valence-corrected chi connectivity index (χ3v) is 4.56. The summed E-state index contributed by atoms with van der Waals surface area (Å²) >= 11 is 1.74. The highest BCUT2D eigenvalue weighted by Gasteiger charge is 2.17. The van der Waals surface area contributed by atoms with Gasteiger partial charge in [-0.2, -0.15) is 5.26 Å². The molecule has 0 aliphatic heterocycles. The lowest BCUT2D eigenvalue weighted by Gasteiger charge is -2.20. The first-order chi connectivity index (χ1) is 9.74. The lowest BCUT2D eigenvalue weighted by molar-refractivity contribution is 0.471. The van der Waals surface area contributed by atoms with E-state index in [-0.39, 0.29) is 12.1 Å². The van der Waals surface area contributed by atoms with Gasteiger partial charge in [-0.15, -0.1) is 11.3 Å². The standard InChI is InChI=1S/C16H19N3S/c1-3-14-11-18-16(20-14)12(2)19-15(9-10-17)13-7-5-4-6-8-13/h4-8,11-12,15,19H,3,9H2,1-2H3. The molecule has 2 aromatic rings. The zero-order valence-corrected chi connectivity index (χ0v) is 12.7. The van der Waals surface area contributed by atoms with Crippen molar-refractivity contribution in [2.45, 2.75) is 38.8 Å². The van der Waals surface area contributed by atoms with Crippen molar-refractivity contribution in [1.82, 2.24) is 10.3 Å². The molecule has 0 amide bonds. The molecule has 1 aromatic carbocycles. The van der Waals surface area contributed by atoms with Crippen LogP contribution in [0.25, 0.3) is 0 Å². The quantitative estimate of drug-likeness (QED) is 0.872. The molecule has 0 aliphatic carbocycles. The Morgan fingerprint density at radius 2 is 2.10 bits per heavy atom. The summed E-state index contributed by atoms with van der Waals surface area (Å²) in [6, 6.07) is 12.6. The Balaban J connectivity index is 2.10. The lowest BCUT2D eigenvalue weighted by atomic mass is 10.0. The summed E-state index contributed by atoms with van der Waals surface area (Å²) < 4.78 is 0. The number of aromatic nitrogens is 1. The second-order valence-electron chi connectivity index (χ2n) is 4.73. The molecule has 4 heteroatoms. The summed E-state index contributed by atoms with van der Waals surface area (Å²) in [6.45, 7) is 4.24. The summed E-state index contributed by atoms with van der Waals surface area (Å²) in [7, 11) is 0. The van der Waals surface area contributed by atoms with Gasteiger partial charge >= 0.3 is 0 Å². The van der Waals surface area contributed by atoms with Crippen molar-refractivity contribution in [1.29, 1.82) is 5.26 Å². The molecule has 20 heavy (non-hydrogen) atoms. The Morgan fingerprint density at radius 1 is 1.35 bits per heavy atom. The van der Waals surface area contributed by atoms with Crippen molar-refractivity contribution in [3.05, 3.63) is 52.0 Å². The minimum absolute atomic E-state index is 0.0465. The second-order valence-corrected chi connectivity index (χ2v) is 5.88. The van der Waals surface area contributed by atoms with Crippen molar-refractivity contribution >= 4 is 11.3 Å². The Hall–Kier alpha value is -1.70. The third-order valence-electron chi connectivity index (χ3n) is 3.24. The van der Waals surface area contributed by atoms with Crippen molar-refractivity contribution in [2.75, 3.05) is 0 Å². The van der Waals surface area contributed by atoms with E-state index in [2.05, 4.69) is 42.4 Å². The maximum atomic E-state index is 9.02. The van der Waals surface area contributed by atoms with E-state index >= 15 is 0 Å². The predicted octanol–water partition coefficient (Wildman–Crippen LogP) is 4.01. The SMILES string of the molecule is CCc1cnc(C(C)NC(CC#N)c2ccccc2)s1. The molecule has 0 spiro atoms. The van der Waals surface area contributed by atoms with Crippen LogP contribution in [0, 0.1) is 11.3 Å². The summed E-state index contributed by atoms with van der Waals surface area (Å²) in [6.07, 6.45) is 3.42. The molecular formula is C16H19N3S. The van der Waals surface area contributed by atoms with Gasteiger partial charge in [-0.05, 0) is 18.9 Å². The summed E-state index contributed by atoms with van der Waals surface area (Å²) in [5.41, 5.74) is 1.15. The first kappa shape index (κ1) is 14.7. The van der Waals surface area contributed by atoms with Crippen LogP contribution in [0.5, 0.6) is 0 Å². The van der Waals surface area contributed by atoms with Gasteiger partial charge in [0.1, 0.15) is 5.01 Å². The number of nitrogens with zero attached hydrogens (tertiary/aromatic N) is 2. The average molecular weight is 285 g/mol. The molecule has 1 N–H and O–H groups in total. The topological polar surface area (TPSA) is 48.7 Å². The van der Waals surface area contributed by atoms with Crippen molar-refractivity contribution in [3.8, 4) is 6.07 Å². The van der Waals surface area contributed by atoms with Crippen LogP contribution in [-0.4, -0.2) is 4.98 Å². The van der Waals surface area contributed by atoms with Gasteiger partial charge in [-0.1, -0.05) is 37.3 Å². The molecule has 0 radical (unpaired) electrons. The summed E-state index contributed by atoms with van der Waals surface area (Å²) in [5.74, 6) is 0. The number of rotatable bonds is 6. The number of benzene rings is 1. The molecule has 2 rings (SSSR count). The fourth-order valence-electron chi connectivity index (χ4n) is 2.11. The Morgan fingerprint density at radius 3 is 2.70 bits per heavy atom. The van der Waals surface area contributed by atoms with E-state index in [1.54, 1.807) is 11.3 Å². The molecule has 0 bridgehead atoms. The number of nitriles is 1. The molecular weight excluding hydrogens is 266 g/mol. The van der Waals surface area contributed by atoms with Gasteiger partial charge < -0.3 is 5.32 Å². The number of hydrogen-bond acceptors (Lipinski definition) is 4. The van der Waals surface area contributed by atoms with E-state index in [0.29, 0.717) is 6.42 Å². The first-order valence-corrected chi connectivity index (χ1v) is 7.68. The minimum atomic E-state index is 0.0465. The molecule has 3 nitrogen and oxygen atoms in total. The molecule has 1 heterocycles. The van der Waals surface area contributed by atoms with Crippen molar-refractivity contribution in [3.63, 3.8) is 0 Å². The molecule has 104 valence electrons. The molecule has 0 saturated carbocycles. The number of nitrogens with one attached hydrogen (secondary N) is 1. The van der Waals surface area contributed by atoms with Gasteiger partial charge in [0.15, 0.2) is 0 Å². The van der Waals surface area contributed by atoms with E-state index in [9.17, 15) is 0 Å². The average Bonchev–Trinajstić information content (AvgIpc) is 2.97. The third kappa shape index (κ3) is 3.66. The van der Waals surface area contributed by atoms with E-state index in [1.165, 1.54) is 4.88 Å². The highest BCUT2D eigenvalue weighted by molar-refractivity contribution is 7.11. The maximum Gasteiger partial charge on any atom is 0.109 e. The van der Waals surface area contributed by atoms with Gasteiger partial charge in [0.2, 0.25) is 0 Å². The fourth-order valence-corrected chi connectivity index (χ4v) is 2.98. The fraction of sp³-hybridized carbons (Fsp3) is 0.375. The highest BCUT2D eigenvalue weighted by atomic mass is 32.1. The minimum Gasteiger partial charge on any atom is -0.300 e. The van der Waals surface area contributed by atoms with Gasteiger partial charge in [-0.3, -0.25) is 0 Å². The predicted molar refractivity (Wildman–Crippen MR) is 82.5 cm³/mol. The van der Waals surface area contributed by atoms with E-state index in [4.69, 9.17) is 5.26 Å². The van der Waals surface area contributed by atoms with E-state index in [0.717, 1.165) is 17.0 Å². The van der Waals surface area contributed by atoms with Crippen LogP contribution in [0.1, 0.15) is 47.8 Å². The normalized spacial score (nSPS) is 13.7. The molecule has 2 unspecified atom stereocenters. The highest BCUT2D eigenvalue weighted by Crippen LogP contribution is 2.25. The molecule has 0 saturated heterocycles. The van der Waals surface area contributed by atoms with Gasteiger partial charge in [-0.25, -0.2) is 4.98 Å². The van der Waals surface area contributed by atoms with Crippen LogP contribution in [0.4, 0.5) is 0 Å². The zero-order chi connectivity index (χ0) is 14.4. The van der Waals surface area contributed by atoms with Crippen LogP contribution in [0.2, 0.25) is 0 Å². The van der Waals surface area contributed by atoms with Crippen LogP contribution in [-0.2, 0) is 6.42 Å². The van der Waals surface area contributed by atoms with Crippen LogP contribution >= 0.6 is 11.3 Å². The smallest absolute Gasteiger partial charge is 0.109 e. The van der Waals surface area contributed by atoms with Crippen molar-refractivity contribution in [2.24, 2.45) is 0 Å². The molecule has 1 aromatic heterocycles. The zero-order valence-electron chi connectivity index (χ0n) is 11.8. The second kappa shape index (κ2) is 7.18. The first-order valence-electron chi connectivity index (χ1n) is 6.87. The number of aryl methyl sites for hydroxylation is 1. The molecule has 0 aliphatic rings. The van der Waals surface area contributed by atoms with E-state index < -0.39 is 0 Å². The van der Waals surface area contributed by atoms with Crippen LogP contribution < -0.4 is 5.32 Å². The maximum absolute atomic E-state index is 9.02. The lowest BCUT2D eigenvalue weighted by Crippen LogP contribution is -2.24. The van der Waals surface area contributed by atoms with Crippen LogP contribution in [0.3, 0.4) is 0 Å². The van der Waals surface area contributed by atoms with Gasteiger partial charge in [0.25, 0.3) is 0 Å². The van der Waals surface area contributed by atoms with Crippen molar-refractivity contribution < 1.29 is 0 Å². The number of thiazole rings is 1. The Bertz CT molecular complexity index is 571.